The number of halogens is 1. The lowest BCUT2D eigenvalue weighted by Crippen LogP contribution is -2.33. The first-order valence-electron chi connectivity index (χ1n) is 8.84. The second-order valence-corrected chi connectivity index (χ2v) is 7.01. The number of aromatic amines is 1. The van der Waals surface area contributed by atoms with Gasteiger partial charge in [0, 0.05) is 35.3 Å². The van der Waals surface area contributed by atoms with Crippen LogP contribution in [0.2, 0.25) is 5.02 Å². The van der Waals surface area contributed by atoms with Crippen LogP contribution >= 0.6 is 11.6 Å². The van der Waals surface area contributed by atoms with Crippen LogP contribution in [0, 0.1) is 6.92 Å². The van der Waals surface area contributed by atoms with Crippen LogP contribution in [0.25, 0.3) is 10.9 Å². The van der Waals surface area contributed by atoms with Gasteiger partial charge in [-0.1, -0.05) is 16.8 Å². The van der Waals surface area contributed by atoms with Crippen molar-refractivity contribution in [2.45, 2.75) is 39.0 Å². The topological polar surface area (TPSA) is 89.4 Å². The Kier molecular flexibility index (Phi) is 5.05. The lowest BCUT2D eigenvalue weighted by atomic mass is 10.2. The molecule has 1 atom stereocenters. The fourth-order valence-electron chi connectivity index (χ4n) is 3.11. The average molecular weight is 390 g/mol. The van der Waals surface area contributed by atoms with E-state index in [1.54, 1.807) is 0 Å². The van der Waals surface area contributed by atoms with Gasteiger partial charge in [-0.25, -0.2) is 0 Å². The van der Waals surface area contributed by atoms with Crippen molar-refractivity contribution in [3.05, 3.63) is 46.4 Å². The highest BCUT2D eigenvalue weighted by Crippen LogP contribution is 2.31. The van der Waals surface area contributed by atoms with E-state index in [-0.39, 0.29) is 18.6 Å². The fourth-order valence-corrected chi connectivity index (χ4v) is 3.34. The molecular weight excluding hydrogens is 370 g/mol. The van der Waals surface area contributed by atoms with Gasteiger partial charge in [-0.3, -0.25) is 4.79 Å². The molecule has 1 unspecified atom stereocenters. The highest BCUT2D eigenvalue weighted by molar-refractivity contribution is 6.32. The number of carbonyl (C=O) groups excluding carboxylic acids is 1. The number of benzene rings is 1. The van der Waals surface area contributed by atoms with Gasteiger partial charge in [0.15, 0.2) is 5.76 Å². The first-order chi connectivity index (χ1) is 13.1. The maximum Gasteiger partial charge on any atom is 0.249 e. The van der Waals surface area contributed by atoms with Crippen molar-refractivity contribution in [2.75, 3.05) is 6.61 Å². The van der Waals surface area contributed by atoms with Crippen LogP contribution in [0.3, 0.4) is 0 Å². The summed E-state index contributed by atoms with van der Waals surface area (Å²) in [5, 5.41) is 8.19. The molecule has 0 aliphatic carbocycles. The molecule has 142 valence electrons. The number of aromatic nitrogens is 2. The Bertz CT molecular complexity index is 959. The van der Waals surface area contributed by atoms with Gasteiger partial charge < -0.3 is 24.3 Å². The Hall–Kier alpha value is -2.51. The number of rotatable bonds is 6. The second-order valence-electron chi connectivity index (χ2n) is 6.61. The fraction of sp³-hybridized carbons (Fsp3) is 0.368. The van der Waals surface area contributed by atoms with Gasteiger partial charge in [0.1, 0.15) is 18.5 Å². The molecule has 0 saturated carbocycles. The molecule has 1 saturated heterocycles. The summed E-state index contributed by atoms with van der Waals surface area (Å²) in [5.41, 5.74) is 2.56. The molecule has 3 heterocycles. The molecule has 1 aliphatic rings. The Morgan fingerprint density at radius 1 is 1.41 bits per heavy atom. The third-order valence-corrected chi connectivity index (χ3v) is 4.75. The summed E-state index contributed by atoms with van der Waals surface area (Å²) in [7, 11) is 0. The standard InChI is InChI=1S/C19H20ClN3O4/c1-11-5-14(27-23-11)10-26-18-8-16-12(7-15(18)20)6-13(22-16)9-21-19(24)17-3-2-4-25-17/h5-8,17,22H,2-4,9-10H2,1H3,(H,21,24). The molecule has 1 aromatic carbocycles. The van der Waals surface area contributed by atoms with Gasteiger partial charge in [0.05, 0.1) is 17.3 Å². The Morgan fingerprint density at radius 2 is 2.30 bits per heavy atom. The van der Waals surface area contributed by atoms with Crippen molar-refractivity contribution in [2.24, 2.45) is 0 Å². The number of carbonyl (C=O) groups is 1. The molecule has 2 aromatic heterocycles. The Labute approximate surface area is 161 Å². The summed E-state index contributed by atoms with van der Waals surface area (Å²) in [6.45, 7) is 3.15. The zero-order chi connectivity index (χ0) is 18.8. The van der Waals surface area contributed by atoms with Crippen molar-refractivity contribution in [3.8, 4) is 5.75 Å². The number of hydrogen-bond donors (Lipinski definition) is 2. The van der Waals surface area contributed by atoms with Crippen molar-refractivity contribution < 1.29 is 18.8 Å². The van der Waals surface area contributed by atoms with Crippen molar-refractivity contribution in [3.63, 3.8) is 0 Å². The summed E-state index contributed by atoms with van der Waals surface area (Å²) >= 11 is 6.33. The third-order valence-electron chi connectivity index (χ3n) is 4.45. The van der Waals surface area contributed by atoms with Crippen LogP contribution in [-0.2, 0) is 22.7 Å². The minimum atomic E-state index is -0.330. The maximum atomic E-state index is 12.1. The summed E-state index contributed by atoms with van der Waals surface area (Å²) in [4.78, 5) is 15.3. The van der Waals surface area contributed by atoms with E-state index in [4.69, 9.17) is 25.6 Å². The molecule has 1 aliphatic heterocycles. The minimum absolute atomic E-state index is 0.0736. The number of ether oxygens (including phenoxy) is 2. The van der Waals surface area contributed by atoms with Crippen LogP contribution in [0.15, 0.2) is 28.8 Å². The lowest BCUT2D eigenvalue weighted by molar-refractivity contribution is -0.130. The van der Waals surface area contributed by atoms with Crippen molar-refractivity contribution in [1.29, 1.82) is 0 Å². The van der Waals surface area contributed by atoms with E-state index in [0.717, 1.165) is 35.1 Å². The van der Waals surface area contributed by atoms with E-state index >= 15 is 0 Å². The molecule has 8 heteroatoms. The highest BCUT2D eigenvalue weighted by Gasteiger charge is 2.23. The van der Waals surface area contributed by atoms with E-state index in [1.807, 2.05) is 31.2 Å². The summed E-state index contributed by atoms with van der Waals surface area (Å²) in [6, 6.07) is 7.45. The molecule has 0 spiro atoms. The van der Waals surface area contributed by atoms with E-state index in [9.17, 15) is 4.79 Å². The van der Waals surface area contributed by atoms with Gasteiger partial charge in [-0.05, 0) is 31.9 Å². The van der Waals surface area contributed by atoms with Gasteiger partial charge in [-0.2, -0.15) is 0 Å². The summed E-state index contributed by atoms with van der Waals surface area (Å²) in [5.74, 6) is 1.11. The number of nitrogens with zero attached hydrogens (tertiary/aromatic N) is 1. The van der Waals surface area contributed by atoms with Crippen LogP contribution in [0.4, 0.5) is 0 Å². The number of H-pyrrole nitrogens is 1. The first kappa shape index (κ1) is 17.9. The number of amides is 1. The zero-order valence-corrected chi connectivity index (χ0v) is 15.6. The molecular formula is C19H20ClN3O4. The molecule has 0 bridgehead atoms. The van der Waals surface area contributed by atoms with Crippen molar-refractivity contribution >= 4 is 28.4 Å². The van der Waals surface area contributed by atoms with Crippen LogP contribution < -0.4 is 10.1 Å². The predicted molar refractivity (Wildman–Crippen MR) is 99.7 cm³/mol. The van der Waals surface area contributed by atoms with Gasteiger partial charge in [-0.15, -0.1) is 0 Å². The smallest absolute Gasteiger partial charge is 0.249 e. The molecule has 3 aromatic rings. The Balaban J connectivity index is 1.43. The third kappa shape index (κ3) is 4.09. The van der Waals surface area contributed by atoms with Crippen LogP contribution in [0.5, 0.6) is 5.75 Å². The largest absolute Gasteiger partial charge is 0.484 e. The van der Waals surface area contributed by atoms with Crippen molar-refractivity contribution in [1.82, 2.24) is 15.5 Å². The van der Waals surface area contributed by atoms with Gasteiger partial charge in [0.2, 0.25) is 5.91 Å². The zero-order valence-electron chi connectivity index (χ0n) is 14.9. The van der Waals surface area contributed by atoms with E-state index < -0.39 is 0 Å². The predicted octanol–water partition coefficient (Wildman–Crippen LogP) is 3.49. The normalized spacial score (nSPS) is 16.7. The lowest BCUT2D eigenvalue weighted by Gasteiger charge is -2.09. The van der Waals surface area contributed by atoms with E-state index in [0.29, 0.717) is 29.7 Å². The molecule has 2 N–H and O–H groups in total. The second kappa shape index (κ2) is 7.62. The average Bonchev–Trinajstić information content (AvgIpc) is 3.38. The number of aryl methyl sites for hydroxylation is 1. The first-order valence-corrected chi connectivity index (χ1v) is 9.22. The molecule has 4 rings (SSSR count). The highest BCUT2D eigenvalue weighted by atomic mass is 35.5. The minimum Gasteiger partial charge on any atom is -0.484 e. The van der Waals surface area contributed by atoms with Gasteiger partial charge >= 0.3 is 0 Å². The number of fused-ring (bicyclic) bond motifs is 1. The number of hydrogen-bond acceptors (Lipinski definition) is 5. The van der Waals surface area contributed by atoms with Crippen LogP contribution in [-0.4, -0.2) is 28.8 Å². The molecule has 1 amide bonds. The molecule has 7 nitrogen and oxygen atoms in total. The molecule has 0 radical (unpaired) electrons. The maximum absolute atomic E-state index is 12.1. The molecule has 27 heavy (non-hydrogen) atoms. The van der Waals surface area contributed by atoms with E-state index in [1.165, 1.54) is 0 Å². The van der Waals surface area contributed by atoms with E-state index in [2.05, 4.69) is 15.5 Å². The molecule has 1 fully saturated rings. The summed E-state index contributed by atoms with van der Waals surface area (Å²) < 4.78 is 16.3. The monoisotopic (exact) mass is 389 g/mol. The number of nitrogens with one attached hydrogen (secondary N) is 2. The Morgan fingerprint density at radius 3 is 3.04 bits per heavy atom. The van der Waals surface area contributed by atoms with Crippen LogP contribution in [0.1, 0.15) is 30.0 Å². The van der Waals surface area contributed by atoms with Gasteiger partial charge in [0.25, 0.3) is 0 Å². The SMILES string of the molecule is Cc1cc(COc2cc3[nH]c(CNC(=O)C4CCCO4)cc3cc2Cl)on1. The quantitative estimate of drug-likeness (QED) is 0.673. The summed E-state index contributed by atoms with van der Waals surface area (Å²) in [6.07, 6.45) is 1.38.